The van der Waals surface area contributed by atoms with Gasteiger partial charge in [-0.25, -0.2) is 0 Å². The van der Waals surface area contributed by atoms with Gasteiger partial charge in [-0.1, -0.05) is 19.1 Å². The first-order chi connectivity index (χ1) is 9.86. The third kappa shape index (κ3) is 4.96. The minimum Gasteiger partial charge on any atom is -0.393 e. The Hall–Kier alpha value is -1.70. The summed E-state index contributed by atoms with van der Waals surface area (Å²) in [7, 11) is 1.63. The van der Waals surface area contributed by atoms with Crippen LogP contribution in [0.25, 0.3) is 0 Å². The quantitative estimate of drug-likeness (QED) is 0.491. The van der Waals surface area contributed by atoms with E-state index in [1.165, 1.54) is 14.7 Å². The van der Waals surface area contributed by atoms with E-state index in [2.05, 4.69) is 0 Å². The second-order valence-corrected chi connectivity index (χ2v) is 5.57. The van der Waals surface area contributed by atoms with Gasteiger partial charge in [0.25, 0.3) is 0 Å². The summed E-state index contributed by atoms with van der Waals surface area (Å²) in [5, 5.41) is 0. The van der Waals surface area contributed by atoms with Crippen molar-refractivity contribution in [3.8, 4) is 0 Å². The Morgan fingerprint density at radius 3 is 2.43 bits per heavy atom. The van der Waals surface area contributed by atoms with E-state index in [9.17, 15) is 14.4 Å². The molecule has 0 aliphatic carbocycles. The molecule has 7 nitrogen and oxygen atoms in total. The number of hydrogen-bond donors (Lipinski definition) is 1. The Balaban J connectivity index is 2.52. The summed E-state index contributed by atoms with van der Waals surface area (Å²) in [6.07, 6.45) is 1.24. The third-order valence-electron chi connectivity index (χ3n) is 3.34. The zero-order chi connectivity index (χ0) is 16.0. The SMILES string of the molecule is CCCN1CCN(CC(=O)N(C)CCC(N)=S)C(=O)C1=O. The number of piperazine rings is 1. The van der Waals surface area contributed by atoms with Gasteiger partial charge in [-0.3, -0.25) is 14.4 Å². The van der Waals surface area contributed by atoms with Crippen molar-refractivity contribution in [2.24, 2.45) is 5.73 Å². The maximum atomic E-state index is 12.0. The summed E-state index contributed by atoms with van der Waals surface area (Å²) in [6.45, 7) is 3.71. The first kappa shape index (κ1) is 17.4. The molecule has 118 valence electrons. The average Bonchev–Trinajstić information content (AvgIpc) is 2.44. The van der Waals surface area contributed by atoms with Crippen LogP contribution in [0, 0.1) is 0 Å². The molecule has 0 bridgehead atoms. The lowest BCUT2D eigenvalue weighted by Gasteiger charge is -2.34. The van der Waals surface area contributed by atoms with E-state index in [4.69, 9.17) is 18.0 Å². The van der Waals surface area contributed by atoms with Gasteiger partial charge in [0.05, 0.1) is 4.99 Å². The molecular formula is C13H22N4O3S. The second-order valence-electron chi connectivity index (χ2n) is 5.05. The fourth-order valence-electron chi connectivity index (χ4n) is 2.04. The molecule has 2 N–H and O–H groups in total. The van der Waals surface area contributed by atoms with Gasteiger partial charge < -0.3 is 20.4 Å². The molecule has 0 atom stereocenters. The molecule has 1 aliphatic heterocycles. The lowest BCUT2D eigenvalue weighted by Crippen LogP contribution is -2.56. The largest absolute Gasteiger partial charge is 0.393 e. The number of thiocarbonyl (C=S) groups is 1. The van der Waals surface area contributed by atoms with Crippen molar-refractivity contribution >= 4 is 34.9 Å². The molecule has 0 radical (unpaired) electrons. The lowest BCUT2D eigenvalue weighted by atomic mass is 10.2. The number of nitrogens with zero attached hydrogens (tertiary/aromatic N) is 3. The first-order valence-corrected chi connectivity index (χ1v) is 7.38. The fraction of sp³-hybridized carbons (Fsp3) is 0.692. The van der Waals surface area contributed by atoms with Crippen molar-refractivity contribution < 1.29 is 14.4 Å². The highest BCUT2D eigenvalue weighted by Crippen LogP contribution is 2.06. The number of nitrogens with two attached hydrogens (primary N) is 1. The highest BCUT2D eigenvalue weighted by molar-refractivity contribution is 7.80. The molecule has 0 aromatic heterocycles. The van der Waals surface area contributed by atoms with Gasteiger partial charge in [-0.05, 0) is 6.42 Å². The van der Waals surface area contributed by atoms with Crippen LogP contribution in [0.15, 0.2) is 0 Å². The highest BCUT2D eigenvalue weighted by Gasteiger charge is 2.33. The number of carbonyl (C=O) groups is 3. The van der Waals surface area contributed by atoms with Crippen molar-refractivity contribution in [2.45, 2.75) is 19.8 Å². The minimum atomic E-state index is -0.606. The molecule has 21 heavy (non-hydrogen) atoms. The fourth-order valence-corrected chi connectivity index (χ4v) is 2.13. The molecule has 3 amide bonds. The van der Waals surface area contributed by atoms with Gasteiger partial charge in [0, 0.05) is 39.6 Å². The Labute approximate surface area is 130 Å². The standard InChI is InChI=1S/C13H22N4O3S/c1-3-5-16-7-8-17(13(20)12(16)19)9-11(18)15(2)6-4-10(14)21/h3-9H2,1-2H3,(H2,14,21). The predicted octanol–water partition coefficient (Wildman–Crippen LogP) is -0.798. The third-order valence-corrected chi connectivity index (χ3v) is 3.54. The van der Waals surface area contributed by atoms with E-state index in [1.54, 1.807) is 7.05 Å². The molecule has 0 aromatic carbocycles. The monoisotopic (exact) mass is 314 g/mol. The minimum absolute atomic E-state index is 0.0849. The molecule has 8 heteroatoms. The summed E-state index contributed by atoms with van der Waals surface area (Å²) in [6, 6.07) is 0. The van der Waals surface area contributed by atoms with E-state index in [0.29, 0.717) is 37.6 Å². The Morgan fingerprint density at radius 1 is 1.29 bits per heavy atom. The van der Waals surface area contributed by atoms with Crippen LogP contribution in [0.4, 0.5) is 0 Å². The lowest BCUT2D eigenvalue weighted by molar-refractivity contribution is -0.157. The Kier molecular flexibility index (Phi) is 6.54. The number of rotatable bonds is 7. The van der Waals surface area contributed by atoms with Crippen molar-refractivity contribution in [2.75, 3.05) is 39.8 Å². The molecule has 1 aliphatic rings. The van der Waals surface area contributed by atoms with Crippen molar-refractivity contribution in [3.05, 3.63) is 0 Å². The average molecular weight is 314 g/mol. The molecule has 1 saturated heterocycles. The number of hydrogen-bond acceptors (Lipinski definition) is 4. The van der Waals surface area contributed by atoms with Crippen LogP contribution >= 0.6 is 12.2 Å². The molecule has 0 aromatic rings. The number of amides is 3. The maximum Gasteiger partial charge on any atom is 0.312 e. The zero-order valence-electron chi connectivity index (χ0n) is 12.5. The molecular weight excluding hydrogens is 292 g/mol. The van der Waals surface area contributed by atoms with E-state index < -0.39 is 11.8 Å². The first-order valence-electron chi connectivity index (χ1n) is 6.97. The van der Waals surface area contributed by atoms with E-state index >= 15 is 0 Å². The predicted molar refractivity (Wildman–Crippen MR) is 82.5 cm³/mol. The van der Waals surface area contributed by atoms with Crippen LogP contribution in [0.3, 0.4) is 0 Å². The van der Waals surface area contributed by atoms with Crippen LogP contribution in [0.1, 0.15) is 19.8 Å². The van der Waals surface area contributed by atoms with Gasteiger partial charge in [-0.2, -0.15) is 0 Å². The van der Waals surface area contributed by atoms with Crippen LogP contribution in [-0.2, 0) is 14.4 Å². The molecule has 1 rings (SSSR count). The number of carbonyl (C=O) groups excluding carboxylic acids is 3. The summed E-state index contributed by atoms with van der Waals surface area (Å²) in [5.41, 5.74) is 5.39. The van der Waals surface area contributed by atoms with Crippen LogP contribution in [0.5, 0.6) is 0 Å². The smallest absolute Gasteiger partial charge is 0.312 e. The van der Waals surface area contributed by atoms with E-state index in [-0.39, 0.29) is 12.5 Å². The second kappa shape index (κ2) is 7.92. The van der Waals surface area contributed by atoms with Gasteiger partial charge in [-0.15, -0.1) is 0 Å². The summed E-state index contributed by atoms with van der Waals surface area (Å²) in [4.78, 5) is 40.5. The van der Waals surface area contributed by atoms with E-state index in [0.717, 1.165) is 6.42 Å². The van der Waals surface area contributed by atoms with Gasteiger partial charge in [0.2, 0.25) is 5.91 Å². The van der Waals surface area contributed by atoms with Crippen LogP contribution < -0.4 is 5.73 Å². The summed E-state index contributed by atoms with van der Waals surface area (Å²) >= 11 is 4.76. The topological polar surface area (TPSA) is 86.9 Å². The molecule has 1 fully saturated rings. The van der Waals surface area contributed by atoms with Crippen molar-refractivity contribution in [1.82, 2.24) is 14.7 Å². The molecule has 0 unspecified atom stereocenters. The highest BCUT2D eigenvalue weighted by atomic mass is 32.1. The van der Waals surface area contributed by atoms with Crippen molar-refractivity contribution in [3.63, 3.8) is 0 Å². The zero-order valence-corrected chi connectivity index (χ0v) is 13.3. The van der Waals surface area contributed by atoms with Crippen LogP contribution in [0.2, 0.25) is 0 Å². The maximum absolute atomic E-state index is 12.0. The normalized spacial score (nSPS) is 15.3. The summed E-state index contributed by atoms with van der Waals surface area (Å²) in [5.74, 6) is -1.36. The van der Waals surface area contributed by atoms with Crippen molar-refractivity contribution in [1.29, 1.82) is 0 Å². The van der Waals surface area contributed by atoms with Gasteiger partial charge in [0.1, 0.15) is 6.54 Å². The molecule has 0 saturated carbocycles. The Bertz CT molecular complexity index is 441. The van der Waals surface area contributed by atoms with E-state index in [1.807, 2.05) is 6.92 Å². The molecule has 0 spiro atoms. The molecule has 1 heterocycles. The Morgan fingerprint density at radius 2 is 1.86 bits per heavy atom. The van der Waals surface area contributed by atoms with Crippen LogP contribution in [-0.4, -0.2) is 77.2 Å². The summed E-state index contributed by atoms with van der Waals surface area (Å²) < 4.78 is 0. The van der Waals surface area contributed by atoms with Gasteiger partial charge >= 0.3 is 11.8 Å². The number of likely N-dealkylation sites (N-methyl/N-ethyl adjacent to an activating group) is 1. The van der Waals surface area contributed by atoms with Gasteiger partial charge in [0.15, 0.2) is 0 Å².